The van der Waals surface area contributed by atoms with Crippen molar-refractivity contribution in [2.75, 3.05) is 23.7 Å². The molecule has 1 aliphatic heterocycles. The molecule has 0 bridgehead atoms. The molecule has 1 aliphatic rings. The van der Waals surface area contributed by atoms with E-state index < -0.39 is 0 Å². The van der Waals surface area contributed by atoms with E-state index in [1.165, 1.54) is 19.3 Å². The maximum Gasteiger partial charge on any atom is 0.134 e. The van der Waals surface area contributed by atoms with E-state index in [0.717, 1.165) is 30.7 Å². The van der Waals surface area contributed by atoms with Crippen LogP contribution in [0.1, 0.15) is 33.1 Å². The van der Waals surface area contributed by atoms with Crippen molar-refractivity contribution < 1.29 is 0 Å². The molecule has 4 heteroatoms. The summed E-state index contributed by atoms with van der Waals surface area (Å²) in [6.45, 7) is 6.81. The van der Waals surface area contributed by atoms with Gasteiger partial charge in [0.25, 0.3) is 0 Å². The molecule has 1 unspecified atom stereocenters. The first kappa shape index (κ1) is 12.1. The van der Waals surface area contributed by atoms with Crippen LogP contribution >= 0.6 is 0 Å². The Morgan fingerprint density at radius 2 is 2.12 bits per heavy atom. The van der Waals surface area contributed by atoms with Gasteiger partial charge in [-0.2, -0.15) is 0 Å². The minimum absolute atomic E-state index is 0.555. The summed E-state index contributed by atoms with van der Waals surface area (Å²) in [5.74, 6) is 3.16. The van der Waals surface area contributed by atoms with Gasteiger partial charge in [0.05, 0.1) is 0 Å². The third-order valence-corrected chi connectivity index (χ3v) is 3.71. The van der Waals surface area contributed by atoms with Crippen LogP contribution in [-0.4, -0.2) is 23.1 Å². The summed E-state index contributed by atoms with van der Waals surface area (Å²) in [5.41, 5.74) is 5.70. The van der Waals surface area contributed by atoms with E-state index in [9.17, 15) is 0 Å². The number of anilines is 2. The van der Waals surface area contributed by atoms with Gasteiger partial charge < -0.3 is 10.6 Å². The lowest BCUT2D eigenvalue weighted by Crippen LogP contribution is -2.25. The highest BCUT2D eigenvalue weighted by molar-refractivity contribution is 5.45. The summed E-state index contributed by atoms with van der Waals surface area (Å²) < 4.78 is 0. The molecule has 0 aliphatic carbocycles. The number of nitrogens with zero attached hydrogens (tertiary/aromatic N) is 3. The zero-order valence-electron chi connectivity index (χ0n) is 10.8. The number of aromatic nitrogens is 2. The standard InChI is InChI=1S/C13H22N4/c1-10(2)11-4-3-6-17(7-5-11)13-8-12(14)15-9-16-13/h8-11H,3-7H2,1-2H3,(H2,14,15,16). The smallest absolute Gasteiger partial charge is 0.134 e. The molecular weight excluding hydrogens is 212 g/mol. The van der Waals surface area contributed by atoms with Crippen LogP contribution in [0.4, 0.5) is 11.6 Å². The molecule has 94 valence electrons. The van der Waals surface area contributed by atoms with Crippen molar-refractivity contribution in [2.45, 2.75) is 33.1 Å². The second-order valence-corrected chi connectivity index (χ2v) is 5.22. The van der Waals surface area contributed by atoms with Gasteiger partial charge in [-0.25, -0.2) is 9.97 Å². The lowest BCUT2D eigenvalue weighted by atomic mass is 9.89. The highest BCUT2D eigenvalue weighted by Crippen LogP contribution is 2.26. The normalized spacial score (nSPS) is 21.6. The van der Waals surface area contributed by atoms with Crippen LogP contribution < -0.4 is 10.6 Å². The van der Waals surface area contributed by atoms with Gasteiger partial charge in [0.15, 0.2) is 0 Å². The predicted octanol–water partition coefficient (Wildman–Crippen LogP) is 2.32. The number of hydrogen-bond donors (Lipinski definition) is 1. The number of hydrogen-bond acceptors (Lipinski definition) is 4. The van der Waals surface area contributed by atoms with Crippen LogP contribution in [0.5, 0.6) is 0 Å². The molecule has 1 saturated heterocycles. The van der Waals surface area contributed by atoms with Gasteiger partial charge >= 0.3 is 0 Å². The van der Waals surface area contributed by atoms with Gasteiger partial charge in [0.1, 0.15) is 18.0 Å². The molecule has 0 radical (unpaired) electrons. The van der Waals surface area contributed by atoms with E-state index in [4.69, 9.17) is 5.73 Å². The van der Waals surface area contributed by atoms with Crippen LogP contribution in [0.15, 0.2) is 12.4 Å². The first-order chi connectivity index (χ1) is 8.16. The van der Waals surface area contributed by atoms with Gasteiger partial charge in [-0.3, -0.25) is 0 Å². The minimum atomic E-state index is 0.555. The van der Waals surface area contributed by atoms with E-state index in [2.05, 4.69) is 28.7 Å². The molecular formula is C13H22N4. The summed E-state index contributed by atoms with van der Waals surface area (Å²) in [5, 5.41) is 0. The molecule has 0 amide bonds. The molecule has 0 aromatic carbocycles. The van der Waals surface area contributed by atoms with Crippen LogP contribution in [0, 0.1) is 11.8 Å². The van der Waals surface area contributed by atoms with Crippen molar-refractivity contribution in [2.24, 2.45) is 11.8 Å². The second-order valence-electron chi connectivity index (χ2n) is 5.22. The summed E-state index contributed by atoms with van der Waals surface area (Å²) in [4.78, 5) is 10.6. The predicted molar refractivity (Wildman–Crippen MR) is 70.8 cm³/mol. The van der Waals surface area contributed by atoms with Crippen LogP contribution in [0.25, 0.3) is 0 Å². The summed E-state index contributed by atoms with van der Waals surface area (Å²) in [6, 6.07) is 1.87. The second kappa shape index (κ2) is 5.34. The molecule has 2 heterocycles. The Kier molecular flexibility index (Phi) is 3.82. The fourth-order valence-corrected chi connectivity index (χ4v) is 2.55. The Bertz CT molecular complexity index is 364. The molecule has 1 fully saturated rings. The SMILES string of the molecule is CC(C)C1CCCN(c2cc(N)ncn2)CC1. The average Bonchev–Trinajstić information content (AvgIpc) is 2.54. The van der Waals surface area contributed by atoms with Crippen molar-refractivity contribution in [1.82, 2.24) is 9.97 Å². The van der Waals surface area contributed by atoms with E-state index in [0.29, 0.717) is 5.82 Å². The average molecular weight is 234 g/mol. The molecule has 2 rings (SSSR count). The van der Waals surface area contributed by atoms with Gasteiger partial charge in [-0.1, -0.05) is 13.8 Å². The Balaban J connectivity index is 2.04. The first-order valence-electron chi connectivity index (χ1n) is 6.49. The van der Waals surface area contributed by atoms with E-state index in [1.807, 2.05) is 6.07 Å². The third kappa shape index (κ3) is 3.08. The Hall–Kier alpha value is -1.32. The quantitative estimate of drug-likeness (QED) is 0.853. The molecule has 1 aromatic heterocycles. The Morgan fingerprint density at radius 3 is 2.82 bits per heavy atom. The Labute approximate surface area is 103 Å². The highest BCUT2D eigenvalue weighted by Gasteiger charge is 2.20. The molecule has 1 atom stereocenters. The van der Waals surface area contributed by atoms with Crippen LogP contribution in [-0.2, 0) is 0 Å². The topological polar surface area (TPSA) is 55.0 Å². The largest absolute Gasteiger partial charge is 0.384 e. The van der Waals surface area contributed by atoms with Crippen LogP contribution in [0.3, 0.4) is 0 Å². The fraction of sp³-hybridized carbons (Fsp3) is 0.692. The third-order valence-electron chi connectivity index (χ3n) is 3.71. The Morgan fingerprint density at radius 1 is 1.29 bits per heavy atom. The van der Waals surface area contributed by atoms with Crippen LogP contribution in [0.2, 0.25) is 0 Å². The lowest BCUT2D eigenvalue weighted by molar-refractivity contribution is 0.351. The van der Waals surface area contributed by atoms with Gasteiger partial charge in [0.2, 0.25) is 0 Å². The van der Waals surface area contributed by atoms with Crippen molar-refractivity contribution in [3.05, 3.63) is 12.4 Å². The molecule has 1 aromatic rings. The van der Waals surface area contributed by atoms with Gasteiger partial charge in [0, 0.05) is 19.2 Å². The summed E-state index contributed by atoms with van der Waals surface area (Å²) in [7, 11) is 0. The molecule has 17 heavy (non-hydrogen) atoms. The fourth-order valence-electron chi connectivity index (χ4n) is 2.55. The molecule has 0 saturated carbocycles. The molecule has 2 N–H and O–H groups in total. The maximum atomic E-state index is 5.70. The van der Waals surface area contributed by atoms with E-state index >= 15 is 0 Å². The molecule has 0 spiro atoms. The summed E-state index contributed by atoms with van der Waals surface area (Å²) in [6.07, 6.45) is 5.37. The number of rotatable bonds is 2. The zero-order valence-corrected chi connectivity index (χ0v) is 10.8. The minimum Gasteiger partial charge on any atom is -0.384 e. The number of nitrogen functional groups attached to an aromatic ring is 1. The lowest BCUT2D eigenvalue weighted by Gasteiger charge is -2.22. The highest BCUT2D eigenvalue weighted by atomic mass is 15.2. The zero-order chi connectivity index (χ0) is 12.3. The van der Waals surface area contributed by atoms with Crippen molar-refractivity contribution in [3.8, 4) is 0 Å². The van der Waals surface area contributed by atoms with E-state index in [1.54, 1.807) is 6.33 Å². The van der Waals surface area contributed by atoms with Crippen molar-refractivity contribution >= 4 is 11.6 Å². The molecule has 4 nitrogen and oxygen atoms in total. The van der Waals surface area contributed by atoms with Gasteiger partial charge in [-0.05, 0) is 31.1 Å². The number of nitrogens with two attached hydrogens (primary N) is 1. The monoisotopic (exact) mass is 234 g/mol. The summed E-state index contributed by atoms with van der Waals surface area (Å²) >= 11 is 0. The van der Waals surface area contributed by atoms with E-state index in [-0.39, 0.29) is 0 Å². The van der Waals surface area contributed by atoms with Crippen molar-refractivity contribution in [1.29, 1.82) is 0 Å². The first-order valence-corrected chi connectivity index (χ1v) is 6.49. The van der Waals surface area contributed by atoms with Crippen molar-refractivity contribution in [3.63, 3.8) is 0 Å². The maximum absolute atomic E-state index is 5.70. The van der Waals surface area contributed by atoms with Gasteiger partial charge in [-0.15, -0.1) is 0 Å².